The predicted molar refractivity (Wildman–Crippen MR) is 105 cm³/mol. The van der Waals surface area contributed by atoms with E-state index in [0.29, 0.717) is 5.69 Å². The second-order valence-corrected chi connectivity index (χ2v) is 6.38. The molecule has 4 nitrogen and oxygen atoms in total. The normalized spacial score (nSPS) is 11.0. The van der Waals surface area contributed by atoms with Crippen molar-refractivity contribution in [3.05, 3.63) is 95.1 Å². The zero-order valence-corrected chi connectivity index (χ0v) is 15.4. The molecule has 0 saturated carbocycles. The Kier molecular flexibility index (Phi) is 5.68. The zero-order valence-electron chi connectivity index (χ0n) is 15.4. The van der Waals surface area contributed by atoms with Gasteiger partial charge in [-0.3, -0.25) is 9.59 Å². The van der Waals surface area contributed by atoms with Crippen LogP contribution in [0.15, 0.2) is 72.8 Å². The van der Waals surface area contributed by atoms with E-state index in [1.165, 1.54) is 30.3 Å². The number of benzene rings is 3. The van der Waals surface area contributed by atoms with E-state index in [0.717, 1.165) is 17.7 Å². The third-order valence-corrected chi connectivity index (χ3v) is 4.23. The summed E-state index contributed by atoms with van der Waals surface area (Å²) in [6.45, 7) is 1.86. The Balaban J connectivity index is 1.76. The van der Waals surface area contributed by atoms with Gasteiger partial charge in [-0.05, 0) is 55.0 Å². The summed E-state index contributed by atoms with van der Waals surface area (Å²) >= 11 is 0. The van der Waals surface area contributed by atoms with Crippen molar-refractivity contribution in [2.75, 3.05) is 10.6 Å². The SMILES string of the molecule is Cc1ccccc1NC(=O)c1cccc(C(=O)Nc2cccc(C(F)(F)F)c2)c1. The van der Waals surface area contributed by atoms with Crippen molar-refractivity contribution in [2.24, 2.45) is 0 Å². The van der Waals surface area contributed by atoms with Crippen LogP contribution in [0.25, 0.3) is 0 Å². The van der Waals surface area contributed by atoms with Crippen LogP contribution in [0.4, 0.5) is 24.5 Å². The van der Waals surface area contributed by atoms with Crippen LogP contribution in [0.5, 0.6) is 0 Å². The maximum absolute atomic E-state index is 12.8. The van der Waals surface area contributed by atoms with Crippen molar-refractivity contribution in [1.82, 2.24) is 0 Å². The standard InChI is InChI=1S/C22H17F3N2O2/c1-14-6-2-3-11-19(14)27-21(29)16-8-4-7-15(12-16)20(28)26-18-10-5-9-17(13-18)22(23,24)25/h2-13H,1H3,(H,26,28)(H,27,29). The second kappa shape index (κ2) is 8.18. The molecule has 0 aliphatic carbocycles. The molecule has 2 amide bonds. The first-order chi connectivity index (χ1) is 13.7. The van der Waals surface area contributed by atoms with Crippen LogP contribution in [0.2, 0.25) is 0 Å². The van der Waals surface area contributed by atoms with E-state index in [1.807, 2.05) is 19.1 Å². The summed E-state index contributed by atoms with van der Waals surface area (Å²) in [5.74, 6) is -1.01. The molecule has 0 saturated heterocycles. The quantitative estimate of drug-likeness (QED) is 0.608. The number of carbonyl (C=O) groups is 2. The number of amides is 2. The number of para-hydroxylation sites is 1. The number of carbonyl (C=O) groups excluding carboxylic acids is 2. The van der Waals surface area contributed by atoms with Crippen LogP contribution in [-0.2, 0) is 6.18 Å². The molecular formula is C22H17F3N2O2. The van der Waals surface area contributed by atoms with Gasteiger partial charge in [0.1, 0.15) is 0 Å². The Morgan fingerprint density at radius 1 is 0.759 bits per heavy atom. The fraction of sp³-hybridized carbons (Fsp3) is 0.0909. The molecular weight excluding hydrogens is 381 g/mol. The Morgan fingerprint density at radius 3 is 2.03 bits per heavy atom. The van der Waals surface area contributed by atoms with Crippen molar-refractivity contribution in [2.45, 2.75) is 13.1 Å². The van der Waals surface area contributed by atoms with Crippen LogP contribution in [-0.4, -0.2) is 11.8 Å². The molecule has 7 heteroatoms. The number of alkyl halides is 3. The largest absolute Gasteiger partial charge is 0.416 e. The van der Waals surface area contributed by atoms with E-state index in [9.17, 15) is 22.8 Å². The molecule has 148 valence electrons. The van der Waals surface area contributed by atoms with Gasteiger partial charge < -0.3 is 10.6 Å². The molecule has 0 heterocycles. The van der Waals surface area contributed by atoms with E-state index in [4.69, 9.17) is 0 Å². The summed E-state index contributed by atoms with van der Waals surface area (Å²) < 4.78 is 38.5. The molecule has 0 aliphatic heterocycles. The number of hydrogen-bond acceptors (Lipinski definition) is 2. The van der Waals surface area contributed by atoms with Crippen LogP contribution in [0, 0.1) is 6.92 Å². The van der Waals surface area contributed by atoms with Gasteiger partial charge in [0.15, 0.2) is 0 Å². The fourth-order valence-corrected chi connectivity index (χ4v) is 2.69. The number of nitrogens with one attached hydrogen (secondary N) is 2. The monoisotopic (exact) mass is 398 g/mol. The molecule has 0 bridgehead atoms. The molecule has 0 aliphatic rings. The van der Waals surface area contributed by atoms with Gasteiger partial charge in [0.2, 0.25) is 0 Å². The lowest BCUT2D eigenvalue weighted by Gasteiger charge is -2.11. The maximum Gasteiger partial charge on any atom is 0.416 e. The first kappa shape index (κ1) is 20.1. The summed E-state index contributed by atoms with van der Waals surface area (Å²) in [5, 5.41) is 5.20. The van der Waals surface area contributed by atoms with E-state index >= 15 is 0 Å². The number of rotatable bonds is 4. The van der Waals surface area contributed by atoms with Crippen molar-refractivity contribution in [3.63, 3.8) is 0 Å². The Bertz CT molecular complexity index is 1060. The summed E-state index contributed by atoms with van der Waals surface area (Å²) in [5.41, 5.74) is 1.10. The topological polar surface area (TPSA) is 58.2 Å². The van der Waals surface area contributed by atoms with Crippen LogP contribution in [0.3, 0.4) is 0 Å². The third-order valence-electron chi connectivity index (χ3n) is 4.23. The minimum atomic E-state index is -4.51. The van der Waals surface area contributed by atoms with Gasteiger partial charge in [0.25, 0.3) is 11.8 Å². The highest BCUT2D eigenvalue weighted by Gasteiger charge is 2.30. The molecule has 3 rings (SSSR count). The van der Waals surface area contributed by atoms with E-state index in [1.54, 1.807) is 18.2 Å². The smallest absolute Gasteiger partial charge is 0.322 e. The van der Waals surface area contributed by atoms with Crippen LogP contribution < -0.4 is 10.6 Å². The van der Waals surface area contributed by atoms with Gasteiger partial charge >= 0.3 is 6.18 Å². The van der Waals surface area contributed by atoms with Gasteiger partial charge in [-0.1, -0.05) is 30.3 Å². The van der Waals surface area contributed by atoms with Gasteiger partial charge in [0.05, 0.1) is 5.56 Å². The number of anilines is 2. The predicted octanol–water partition coefficient (Wildman–Crippen LogP) is 5.52. The van der Waals surface area contributed by atoms with E-state index in [2.05, 4.69) is 10.6 Å². The molecule has 2 N–H and O–H groups in total. The lowest BCUT2D eigenvalue weighted by Crippen LogP contribution is -2.16. The Morgan fingerprint density at radius 2 is 1.38 bits per heavy atom. The number of aryl methyl sites for hydroxylation is 1. The van der Waals surface area contributed by atoms with Gasteiger partial charge in [0, 0.05) is 22.5 Å². The van der Waals surface area contributed by atoms with Crippen LogP contribution >= 0.6 is 0 Å². The third kappa shape index (κ3) is 5.01. The molecule has 3 aromatic rings. The van der Waals surface area contributed by atoms with Crippen LogP contribution in [0.1, 0.15) is 31.8 Å². The number of halogens is 3. The zero-order chi connectivity index (χ0) is 21.0. The average molecular weight is 398 g/mol. The first-order valence-electron chi connectivity index (χ1n) is 8.70. The molecule has 0 unspecified atom stereocenters. The Hall–Kier alpha value is -3.61. The minimum Gasteiger partial charge on any atom is -0.322 e. The first-order valence-corrected chi connectivity index (χ1v) is 8.70. The van der Waals surface area contributed by atoms with Crippen molar-refractivity contribution in [3.8, 4) is 0 Å². The maximum atomic E-state index is 12.8. The lowest BCUT2D eigenvalue weighted by molar-refractivity contribution is -0.137. The van der Waals surface area contributed by atoms with Crippen molar-refractivity contribution in [1.29, 1.82) is 0 Å². The van der Waals surface area contributed by atoms with Crippen molar-refractivity contribution < 1.29 is 22.8 Å². The lowest BCUT2D eigenvalue weighted by atomic mass is 10.1. The highest BCUT2D eigenvalue weighted by Crippen LogP contribution is 2.30. The molecule has 0 spiro atoms. The number of hydrogen-bond donors (Lipinski definition) is 2. The van der Waals surface area contributed by atoms with E-state index in [-0.39, 0.29) is 16.8 Å². The van der Waals surface area contributed by atoms with Gasteiger partial charge in [-0.25, -0.2) is 0 Å². The minimum absolute atomic E-state index is 0.0135. The average Bonchev–Trinajstić information content (AvgIpc) is 2.69. The molecule has 0 aromatic heterocycles. The molecule has 29 heavy (non-hydrogen) atoms. The molecule has 0 atom stereocenters. The molecule has 0 radical (unpaired) electrons. The fourth-order valence-electron chi connectivity index (χ4n) is 2.69. The van der Waals surface area contributed by atoms with Crippen molar-refractivity contribution >= 4 is 23.2 Å². The highest BCUT2D eigenvalue weighted by atomic mass is 19.4. The van der Waals surface area contributed by atoms with E-state index < -0.39 is 23.6 Å². The highest BCUT2D eigenvalue weighted by molar-refractivity contribution is 6.08. The molecule has 3 aromatic carbocycles. The summed E-state index contributed by atoms with van der Waals surface area (Å²) in [7, 11) is 0. The summed E-state index contributed by atoms with van der Waals surface area (Å²) in [6, 6.07) is 17.6. The Labute approximate surface area is 165 Å². The summed E-state index contributed by atoms with van der Waals surface area (Å²) in [6.07, 6.45) is -4.51. The van der Waals surface area contributed by atoms with Gasteiger partial charge in [-0.2, -0.15) is 13.2 Å². The summed E-state index contributed by atoms with van der Waals surface area (Å²) in [4.78, 5) is 24.9. The second-order valence-electron chi connectivity index (χ2n) is 6.38. The molecule has 0 fully saturated rings. The van der Waals surface area contributed by atoms with Gasteiger partial charge in [-0.15, -0.1) is 0 Å².